The first kappa shape index (κ1) is 6.89. The van der Waals surface area contributed by atoms with Gasteiger partial charge in [-0.1, -0.05) is 5.57 Å². The van der Waals surface area contributed by atoms with Crippen LogP contribution in [0.5, 0.6) is 0 Å². The Morgan fingerprint density at radius 1 is 1.09 bits per heavy atom. The van der Waals surface area contributed by atoms with Gasteiger partial charge < -0.3 is 4.74 Å². The number of ether oxygens (including phenoxy) is 1. The van der Waals surface area contributed by atoms with Gasteiger partial charge in [-0.05, 0) is 25.7 Å². The highest BCUT2D eigenvalue weighted by Gasteiger charge is 2.24. The fraction of sp³-hybridized carbons (Fsp3) is 0.667. The Bertz CT molecular complexity index is 208. The SMILES string of the molecule is O=C1OCCC1=C1CCCC1. The van der Waals surface area contributed by atoms with E-state index in [0.29, 0.717) is 6.61 Å². The summed E-state index contributed by atoms with van der Waals surface area (Å²) in [6.07, 6.45) is 5.63. The lowest BCUT2D eigenvalue weighted by Crippen LogP contribution is -1.97. The molecule has 0 radical (unpaired) electrons. The lowest BCUT2D eigenvalue weighted by Gasteiger charge is -1.97. The molecule has 1 heterocycles. The van der Waals surface area contributed by atoms with Crippen LogP contribution in [0.4, 0.5) is 0 Å². The first-order valence-corrected chi connectivity index (χ1v) is 4.26. The van der Waals surface area contributed by atoms with Crippen LogP contribution >= 0.6 is 0 Å². The average molecular weight is 152 g/mol. The lowest BCUT2D eigenvalue weighted by atomic mass is 10.1. The Kier molecular flexibility index (Phi) is 1.68. The monoisotopic (exact) mass is 152 g/mol. The highest BCUT2D eigenvalue weighted by Crippen LogP contribution is 2.30. The molecular weight excluding hydrogens is 140 g/mol. The van der Waals surface area contributed by atoms with Crippen LogP contribution in [0.15, 0.2) is 11.1 Å². The molecule has 60 valence electrons. The zero-order valence-corrected chi connectivity index (χ0v) is 6.56. The van der Waals surface area contributed by atoms with Crippen LogP contribution in [0.3, 0.4) is 0 Å². The van der Waals surface area contributed by atoms with Gasteiger partial charge in [-0.25, -0.2) is 4.79 Å². The van der Waals surface area contributed by atoms with E-state index in [0.717, 1.165) is 24.8 Å². The third kappa shape index (κ3) is 1.17. The molecule has 0 bridgehead atoms. The average Bonchev–Trinajstić information content (AvgIpc) is 2.55. The van der Waals surface area contributed by atoms with E-state index in [2.05, 4.69) is 0 Å². The number of carbonyl (C=O) groups is 1. The molecular formula is C9H12O2. The van der Waals surface area contributed by atoms with Crippen LogP contribution in [0, 0.1) is 0 Å². The van der Waals surface area contributed by atoms with Gasteiger partial charge in [0.1, 0.15) is 0 Å². The van der Waals surface area contributed by atoms with Gasteiger partial charge in [0.2, 0.25) is 0 Å². The number of allylic oxidation sites excluding steroid dienone is 1. The van der Waals surface area contributed by atoms with Crippen molar-refractivity contribution in [3.63, 3.8) is 0 Å². The van der Waals surface area contributed by atoms with Gasteiger partial charge in [-0.15, -0.1) is 0 Å². The molecule has 2 aliphatic rings. The Hall–Kier alpha value is -0.790. The van der Waals surface area contributed by atoms with Gasteiger partial charge in [0, 0.05) is 12.0 Å². The first-order valence-electron chi connectivity index (χ1n) is 4.26. The highest BCUT2D eigenvalue weighted by molar-refractivity contribution is 5.91. The number of cyclic esters (lactones) is 1. The van der Waals surface area contributed by atoms with Crippen LogP contribution in [-0.4, -0.2) is 12.6 Å². The highest BCUT2D eigenvalue weighted by atomic mass is 16.5. The molecule has 0 aromatic carbocycles. The summed E-state index contributed by atoms with van der Waals surface area (Å²) in [5.74, 6) is -0.0538. The van der Waals surface area contributed by atoms with Gasteiger partial charge in [-0.3, -0.25) is 0 Å². The zero-order chi connectivity index (χ0) is 7.68. The maximum Gasteiger partial charge on any atom is 0.334 e. The Balaban J connectivity index is 2.23. The summed E-state index contributed by atoms with van der Waals surface area (Å²) in [5, 5.41) is 0. The van der Waals surface area contributed by atoms with Crippen LogP contribution in [0.2, 0.25) is 0 Å². The van der Waals surface area contributed by atoms with E-state index in [9.17, 15) is 4.79 Å². The third-order valence-corrected chi connectivity index (χ3v) is 2.47. The number of rotatable bonds is 0. The number of esters is 1. The normalized spacial score (nSPS) is 24.5. The molecule has 0 spiro atoms. The van der Waals surface area contributed by atoms with E-state index < -0.39 is 0 Å². The summed E-state index contributed by atoms with van der Waals surface area (Å²) in [5.41, 5.74) is 2.36. The predicted molar refractivity (Wildman–Crippen MR) is 41.1 cm³/mol. The summed E-state index contributed by atoms with van der Waals surface area (Å²) >= 11 is 0. The van der Waals surface area contributed by atoms with E-state index in [1.165, 1.54) is 18.4 Å². The minimum Gasteiger partial charge on any atom is -0.462 e. The largest absolute Gasteiger partial charge is 0.462 e. The molecule has 11 heavy (non-hydrogen) atoms. The van der Waals surface area contributed by atoms with Crippen molar-refractivity contribution in [1.29, 1.82) is 0 Å². The maximum absolute atomic E-state index is 11.1. The maximum atomic E-state index is 11.1. The molecule has 1 aliphatic carbocycles. The van der Waals surface area contributed by atoms with E-state index in [1.54, 1.807) is 0 Å². The van der Waals surface area contributed by atoms with Crippen molar-refractivity contribution in [2.45, 2.75) is 32.1 Å². The third-order valence-electron chi connectivity index (χ3n) is 2.47. The topological polar surface area (TPSA) is 26.3 Å². The van der Waals surface area contributed by atoms with E-state index in [1.807, 2.05) is 0 Å². The Morgan fingerprint density at radius 3 is 2.36 bits per heavy atom. The molecule has 2 rings (SSSR count). The molecule has 0 atom stereocenters. The lowest BCUT2D eigenvalue weighted by molar-refractivity contribution is -0.135. The van der Waals surface area contributed by atoms with Gasteiger partial charge in [0.05, 0.1) is 6.61 Å². The van der Waals surface area contributed by atoms with Crippen molar-refractivity contribution in [2.24, 2.45) is 0 Å². The second-order valence-corrected chi connectivity index (χ2v) is 3.18. The van der Waals surface area contributed by atoms with Crippen LogP contribution in [0.25, 0.3) is 0 Å². The quantitative estimate of drug-likeness (QED) is 0.391. The smallest absolute Gasteiger partial charge is 0.334 e. The van der Waals surface area contributed by atoms with Crippen molar-refractivity contribution >= 4 is 5.97 Å². The fourth-order valence-corrected chi connectivity index (χ4v) is 1.86. The van der Waals surface area contributed by atoms with Gasteiger partial charge in [0.15, 0.2) is 0 Å². The molecule has 0 amide bonds. The summed E-state index contributed by atoms with van der Waals surface area (Å²) < 4.78 is 4.88. The van der Waals surface area contributed by atoms with Gasteiger partial charge in [-0.2, -0.15) is 0 Å². The standard InChI is InChI=1S/C9H12O2/c10-9-8(5-6-11-9)7-3-1-2-4-7/h1-6H2. The molecule has 0 aromatic rings. The molecule has 2 heteroatoms. The second-order valence-electron chi connectivity index (χ2n) is 3.18. The summed E-state index contributed by atoms with van der Waals surface area (Å²) in [7, 11) is 0. The second kappa shape index (κ2) is 2.68. The van der Waals surface area contributed by atoms with Crippen LogP contribution in [0.1, 0.15) is 32.1 Å². The molecule has 2 nitrogen and oxygen atoms in total. The minimum absolute atomic E-state index is 0.0538. The fourth-order valence-electron chi connectivity index (χ4n) is 1.86. The molecule has 1 aliphatic heterocycles. The number of carbonyl (C=O) groups excluding carboxylic acids is 1. The van der Waals surface area contributed by atoms with Crippen LogP contribution in [-0.2, 0) is 9.53 Å². The predicted octanol–water partition coefficient (Wildman–Crippen LogP) is 1.80. The van der Waals surface area contributed by atoms with E-state index in [-0.39, 0.29) is 5.97 Å². The Labute approximate surface area is 66.2 Å². The zero-order valence-electron chi connectivity index (χ0n) is 6.56. The van der Waals surface area contributed by atoms with E-state index in [4.69, 9.17) is 4.74 Å². The molecule has 1 saturated heterocycles. The first-order chi connectivity index (χ1) is 5.38. The molecule has 2 fully saturated rings. The van der Waals surface area contributed by atoms with Gasteiger partial charge in [0.25, 0.3) is 0 Å². The summed E-state index contributed by atoms with van der Waals surface area (Å²) in [6.45, 7) is 0.609. The molecule has 1 saturated carbocycles. The van der Waals surface area contributed by atoms with E-state index >= 15 is 0 Å². The van der Waals surface area contributed by atoms with Crippen molar-refractivity contribution in [2.75, 3.05) is 6.61 Å². The van der Waals surface area contributed by atoms with Crippen molar-refractivity contribution in [1.82, 2.24) is 0 Å². The number of hydrogen-bond donors (Lipinski definition) is 0. The summed E-state index contributed by atoms with van der Waals surface area (Å²) in [6, 6.07) is 0. The summed E-state index contributed by atoms with van der Waals surface area (Å²) in [4.78, 5) is 11.1. The van der Waals surface area contributed by atoms with Gasteiger partial charge >= 0.3 is 5.97 Å². The minimum atomic E-state index is -0.0538. The Morgan fingerprint density at radius 2 is 1.82 bits per heavy atom. The molecule has 0 aromatic heterocycles. The van der Waals surface area contributed by atoms with Crippen molar-refractivity contribution in [3.05, 3.63) is 11.1 Å². The number of hydrogen-bond acceptors (Lipinski definition) is 2. The van der Waals surface area contributed by atoms with Crippen LogP contribution < -0.4 is 0 Å². The van der Waals surface area contributed by atoms with Crippen molar-refractivity contribution < 1.29 is 9.53 Å². The molecule has 0 unspecified atom stereocenters. The van der Waals surface area contributed by atoms with Crippen molar-refractivity contribution in [3.8, 4) is 0 Å². The molecule has 0 N–H and O–H groups in total.